The van der Waals surface area contributed by atoms with Crippen LogP contribution >= 0.6 is 11.6 Å². The largest absolute Gasteiger partial charge is 0.364 e. The van der Waals surface area contributed by atoms with Crippen molar-refractivity contribution in [2.75, 3.05) is 28.7 Å². The lowest BCUT2D eigenvalue weighted by atomic mass is 10.1. The molecule has 0 bridgehead atoms. The predicted molar refractivity (Wildman–Crippen MR) is 115 cm³/mol. The van der Waals surface area contributed by atoms with Gasteiger partial charge in [0.15, 0.2) is 0 Å². The highest BCUT2D eigenvalue weighted by Gasteiger charge is 2.19. The van der Waals surface area contributed by atoms with Crippen molar-refractivity contribution >= 4 is 39.9 Å². The number of rotatable bonds is 4. The number of nitrogens with zero attached hydrogens (tertiary/aromatic N) is 2. The maximum atomic E-state index is 13.5. The zero-order valence-electron chi connectivity index (χ0n) is 15.7. The van der Waals surface area contributed by atoms with Crippen molar-refractivity contribution in [3.05, 3.63) is 77.2 Å². The Morgan fingerprint density at radius 2 is 1.97 bits per heavy atom. The van der Waals surface area contributed by atoms with Crippen molar-refractivity contribution in [1.82, 2.24) is 4.98 Å². The van der Waals surface area contributed by atoms with Gasteiger partial charge in [0, 0.05) is 34.8 Å². The lowest BCUT2D eigenvalue weighted by Gasteiger charge is -2.27. The van der Waals surface area contributed by atoms with Gasteiger partial charge in [0.2, 0.25) is 0 Å². The van der Waals surface area contributed by atoms with E-state index in [0.29, 0.717) is 40.7 Å². The summed E-state index contributed by atoms with van der Waals surface area (Å²) in [6, 6.07) is 14.3. The molecule has 9 heteroatoms. The molecule has 1 aliphatic rings. The number of benzene rings is 2. The van der Waals surface area contributed by atoms with Crippen LogP contribution in [0.4, 0.5) is 15.8 Å². The number of pyridine rings is 1. The molecule has 0 spiro atoms. The molecule has 0 aliphatic carbocycles. The van der Waals surface area contributed by atoms with Crippen LogP contribution in [0.2, 0.25) is 5.02 Å². The van der Waals surface area contributed by atoms with Crippen LogP contribution < -0.4 is 9.62 Å². The van der Waals surface area contributed by atoms with E-state index in [1.807, 2.05) is 0 Å². The Morgan fingerprint density at radius 3 is 2.70 bits per heavy atom. The van der Waals surface area contributed by atoms with Gasteiger partial charge in [-0.25, -0.2) is 8.60 Å². The van der Waals surface area contributed by atoms with Gasteiger partial charge in [-0.3, -0.25) is 14.1 Å². The van der Waals surface area contributed by atoms with Crippen LogP contribution in [0.3, 0.4) is 0 Å². The van der Waals surface area contributed by atoms with Gasteiger partial charge in [-0.2, -0.15) is 0 Å². The van der Waals surface area contributed by atoms with Crippen molar-refractivity contribution in [1.29, 1.82) is 0 Å². The molecule has 1 unspecified atom stereocenters. The predicted octanol–water partition coefficient (Wildman–Crippen LogP) is 4.25. The second-order valence-corrected chi connectivity index (χ2v) is 8.23. The minimum Gasteiger partial charge on any atom is -0.364 e. The van der Waals surface area contributed by atoms with Gasteiger partial charge in [-0.1, -0.05) is 11.6 Å². The van der Waals surface area contributed by atoms with Gasteiger partial charge in [0.25, 0.3) is 5.91 Å². The molecule has 1 atom stereocenters. The highest BCUT2D eigenvalue weighted by molar-refractivity contribution is 7.86. The first-order valence-corrected chi connectivity index (χ1v) is 10.7. The van der Waals surface area contributed by atoms with E-state index in [1.54, 1.807) is 46.8 Å². The van der Waals surface area contributed by atoms with E-state index in [4.69, 9.17) is 16.3 Å². The molecule has 1 N–H and O–H groups in total. The van der Waals surface area contributed by atoms with E-state index >= 15 is 0 Å². The Balaban J connectivity index is 1.51. The van der Waals surface area contributed by atoms with Crippen molar-refractivity contribution < 1.29 is 18.1 Å². The van der Waals surface area contributed by atoms with E-state index in [2.05, 4.69) is 10.3 Å². The molecule has 30 heavy (non-hydrogen) atoms. The van der Waals surface area contributed by atoms with Crippen LogP contribution in [0, 0.1) is 5.82 Å². The highest BCUT2D eigenvalue weighted by atomic mass is 35.5. The second-order valence-electron chi connectivity index (χ2n) is 6.50. The summed E-state index contributed by atoms with van der Waals surface area (Å²) in [4.78, 5) is 16.8. The maximum absolute atomic E-state index is 13.5. The number of hydrogen-bond acceptors (Lipinski definition) is 4. The average Bonchev–Trinajstić information content (AvgIpc) is 2.75. The summed E-state index contributed by atoms with van der Waals surface area (Å²) in [6.07, 6.45) is 1.36. The van der Waals surface area contributed by atoms with E-state index in [9.17, 15) is 13.4 Å². The third-order valence-corrected chi connectivity index (χ3v) is 6.09. The topological polar surface area (TPSA) is 71.5 Å². The summed E-state index contributed by atoms with van der Waals surface area (Å²) >= 11 is 6.23. The number of halogens is 2. The molecule has 0 saturated carbocycles. The number of aromatic nitrogens is 1. The van der Waals surface area contributed by atoms with Crippen molar-refractivity contribution in [2.45, 2.75) is 0 Å². The van der Waals surface area contributed by atoms with Gasteiger partial charge >= 0.3 is 0 Å². The quantitative estimate of drug-likeness (QED) is 0.651. The summed E-state index contributed by atoms with van der Waals surface area (Å²) < 4.78 is 32.5. The standard InChI is InChI=1S/C21H17ClFN3O3S/c22-19-6-3-16(12-18(19)20-11-15(23)7-8-24-20)25-21(27)14-1-4-17(5-2-14)26-9-10-29-13-30(26)28/h1-8,11-12H,9-10,13H2,(H,25,27). The summed E-state index contributed by atoms with van der Waals surface area (Å²) in [5.74, 6) is -0.571. The van der Waals surface area contributed by atoms with Gasteiger partial charge in [-0.05, 0) is 48.5 Å². The first-order valence-electron chi connectivity index (χ1n) is 9.08. The zero-order valence-corrected chi connectivity index (χ0v) is 17.3. The minimum atomic E-state index is -1.24. The lowest BCUT2D eigenvalue weighted by molar-refractivity contribution is 0.102. The lowest BCUT2D eigenvalue weighted by Crippen LogP contribution is -2.36. The van der Waals surface area contributed by atoms with Crippen LogP contribution in [0.1, 0.15) is 10.4 Å². The molecule has 4 rings (SSSR count). The van der Waals surface area contributed by atoms with E-state index < -0.39 is 16.8 Å². The number of carbonyl (C=O) groups is 1. The summed E-state index contributed by atoms with van der Waals surface area (Å²) in [5.41, 5.74) is 2.60. The number of nitrogens with one attached hydrogen (secondary N) is 1. The molecular weight excluding hydrogens is 429 g/mol. The number of amides is 1. The first kappa shape index (κ1) is 20.5. The number of carbonyl (C=O) groups excluding carboxylic acids is 1. The van der Waals surface area contributed by atoms with Crippen molar-refractivity contribution in [2.24, 2.45) is 0 Å². The molecule has 154 valence electrons. The number of hydrogen-bond donors (Lipinski definition) is 1. The molecule has 2 heterocycles. The third kappa shape index (κ3) is 4.51. The summed E-state index contributed by atoms with van der Waals surface area (Å²) in [6.45, 7) is 1.03. The Kier molecular flexibility index (Phi) is 6.08. The summed E-state index contributed by atoms with van der Waals surface area (Å²) in [7, 11) is -1.24. The maximum Gasteiger partial charge on any atom is 0.255 e. The number of ether oxygens (including phenoxy) is 1. The average molecular weight is 446 g/mol. The van der Waals surface area contributed by atoms with Gasteiger partial charge in [0.05, 0.1) is 23.9 Å². The second kappa shape index (κ2) is 8.91. The zero-order chi connectivity index (χ0) is 21.1. The minimum absolute atomic E-state index is 0.168. The Labute approximate surface area is 180 Å². The normalized spacial score (nSPS) is 16.3. The summed E-state index contributed by atoms with van der Waals surface area (Å²) in [5, 5.41) is 3.20. The molecule has 6 nitrogen and oxygen atoms in total. The van der Waals surface area contributed by atoms with Crippen LogP contribution in [-0.4, -0.2) is 34.2 Å². The van der Waals surface area contributed by atoms with Crippen LogP contribution in [-0.2, 0) is 15.7 Å². The van der Waals surface area contributed by atoms with Crippen LogP contribution in [0.15, 0.2) is 60.8 Å². The van der Waals surface area contributed by atoms with E-state index in [-0.39, 0.29) is 11.8 Å². The Bertz CT molecular complexity index is 1110. The molecule has 3 aromatic rings. The number of anilines is 2. The molecule has 1 amide bonds. The molecule has 1 aliphatic heterocycles. The molecule has 2 aromatic carbocycles. The SMILES string of the molecule is O=C(Nc1ccc(Cl)c(-c2cc(F)ccn2)c1)c1ccc(N2CCOCS2=O)cc1. The Morgan fingerprint density at radius 1 is 1.17 bits per heavy atom. The fraction of sp³-hybridized carbons (Fsp3) is 0.143. The Hall–Kier alpha value is -2.81. The van der Waals surface area contributed by atoms with Crippen LogP contribution in [0.25, 0.3) is 11.3 Å². The van der Waals surface area contributed by atoms with Crippen molar-refractivity contribution in [3.8, 4) is 11.3 Å². The van der Waals surface area contributed by atoms with Gasteiger partial charge in [0.1, 0.15) is 22.7 Å². The van der Waals surface area contributed by atoms with Gasteiger partial charge in [-0.15, -0.1) is 0 Å². The fourth-order valence-corrected chi connectivity index (χ4v) is 4.26. The van der Waals surface area contributed by atoms with E-state index in [1.165, 1.54) is 18.3 Å². The van der Waals surface area contributed by atoms with Gasteiger partial charge < -0.3 is 10.1 Å². The smallest absolute Gasteiger partial charge is 0.255 e. The monoisotopic (exact) mass is 445 g/mol. The molecule has 1 saturated heterocycles. The van der Waals surface area contributed by atoms with Crippen molar-refractivity contribution in [3.63, 3.8) is 0 Å². The molecule has 1 aromatic heterocycles. The third-order valence-electron chi connectivity index (χ3n) is 4.51. The molecule has 1 fully saturated rings. The highest BCUT2D eigenvalue weighted by Crippen LogP contribution is 2.30. The van der Waals surface area contributed by atoms with Crippen LogP contribution in [0.5, 0.6) is 0 Å². The molecule has 0 radical (unpaired) electrons. The van der Waals surface area contributed by atoms with E-state index in [0.717, 1.165) is 5.69 Å². The molecular formula is C21H17ClFN3O3S. The first-order chi connectivity index (χ1) is 14.5. The fourth-order valence-electron chi connectivity index (χ4n) is 3.02.